The zero-order chi connectivity index (χ0) is 27.1. The van der Waals surface area contributed by atoms with Crippen LogP contribution in [0.4, 0.5) is 5.69 Å². The number of hydrogen-bond acceptors (Lipinski definition) is 4. The second-order valence-corrected chi connectivity index (χ2v) is 11.0. The van der Waals surface area contributed by atoms with E-state index in [1.165, 1.54) is 0 Å². The first kappa shape index (κ1) is 25.8. The molecule has 3 heterocycles. The van der Waals surface area contributed by atoms with Gasteiger partial charge in [0.05, 0.1) is 19.3 Å². The van der Waals surface area contributed by atoms with Gasteiger partial charge in [0, 0.05) is 52.0 Å². The van der Waals surface area contributed by atoms with E-state index in [0.717, 1.165) is 24.0 Å². The third-order valence-electron chi connectivity index (χ3n) is 7.95. The molecule has 2 fully saturated rings. The van der Waals surface area contributed by atoms with Crippen molar-refractivity contribution in [3.8, 4) is 18.1 Å². The van der Waals surface area contributed by atoms with Crippen LogP contribution in [-0.2, 0) is 19.7 Å². The average molecular weight is 561 g/mol. The third kappa shape index (κ3) is 4.45. The Bertz CT molecular complexity index is 1510. The van der Waals surface area contributed by atoms with Gasteiger partial charge < -0.3 is 20.1 Å². The summed E-state index contributed by atoms with van der Waals surface area (Å²) in [6.07, 6.45) is 7.33. The molecule has 0 unspecified atom stereocenters. The lowest BCUT2D eigenvalue weighted by Crippen LogP contribution is -2.57. The Balaban J connectivity index is 1.59. The molecular weight excluding hydrogens is 535 g/mol. The van der Waals surface area contributed by atoms with Crippen molar-refractivity contribution in [2.24, 2.45) is 0 Å². The molecule has 6 rings (SSSR count). The number of amides is 2. The second kappa shape index (κ2) is 10.2. The van der Waals surface area contributed by atoms with Crippen molar-refractivity contribution in [3.05, 3.63) is 93.0 Å². The molecule has 3 aliphatic heterocycles. The van der Waals surface area contributed by atoms with Crippen LogP contribution in [0.2, 0.25) is 10.0 Å². The summed E-state index contributed by atoms with van der Waals surface area (Å²) in [5.41, 5.74) is 2.19. The maximum Gasteiger partial charge on any atom is 0.238 e. The molecule has 0 radical (unpaired) electrons. The van der Waals surface area contributed by atoms with Crippen molar-refractivity contribution in [3.63, 3.8) is 0 Å². The Morgan fingerprint density at radius 3 is 2.56 bits per heavy atom. The van der Waals surface area contributed by atoms with E-state index in [-0.39, 0.29) is 24.3 Å². The number of piperidine rings is 1. The van der Waals surface area contributed by atoms with Gasteiger partial charge in [-0.15, -0.1) is 6.42 Å². The number of halogens is 2. The van der Waals surface area contributed by atoms with Crippen molar-refractivity contribution in [1.29, 1.82) is 0 Å². The molecule has 2 saturated heterocycles. The largest absolute Gasteiger partial charge is 0.490 e. The summed E-state index contributed by atoms with van der Waals surface area (Å²) >= 11 is 12.7. The molecule has 2 N–H and O–H groups in total. The predicted molar refractivity (Wildman–Crippen MR) is 150 cm³/mol. The summed E-state index contributed by atoms with van der Waals surface area (Å²) in [7, 11) is 0. The number of hydrogen-bond donors (Lipinski definition) is 2. The number of benzene rings is 3. The van der Waals surface area contributed by atoms with Gasteiger partial charge in [0.25, 0.3) is 0 Å². The Morgan fingerprint density at radius 1 is 1.00 bits per heavy atom. The van der Waals surface area contributed by atoms with Gasteiger partial charge in [-0.25, -0.2) is 0 Å². The molecule has 0 aliphatic carbocycles. The van der Waals surface area contributed by atoms with E-state index < -0.39 is 17.4 Å². The Kier molecular flexibility index (Phi) is 6.76. The summed E-state index contributed by atoms with van der Waals surface area (Å²) in [5, 5.41) is 7.23. The highest BCUT2D eigenvalue weighted by atomic mass is 35.5. The fourth-order valence-corrected chi connectivity index (χ4v) is 6.59. The quantitative estimate of drug-likeness (QED) is 0.397. The maximum atomic E-state index is 14.3. The first-order valence-electron chi connectivity index (χ1n) is 12.9. The molecule has 0 saturated carbocycles. The molecule has 198 valence electrons. The first-order chi connectivity index (χ1) is 18.9. The van der Waals surface area contributed by atoms with Gasteiger partial charge in [-0.2, -0.15) is 0 Å². The van der Waals surface area contributed by atoms with Crippen LogP contribution >= 0.6 is 23.2 Å². The summed E-state index contributed by atoms with van der Waals surface area (Å²) in [5.74, 6) is 2.32. The van der Waals surface area contributed by atoms with Gasteiger partial charge in [-0.1, -0.05) is 47.3 Å². The molecule has 0 aromatic heterocycles. The van der Waals surface area contributed by atoms with Crippen LogP contribution < -0.4 is 15.4 Å². The highest BCUT2D eigenvalue weighted by Gasteiger charge is 2.61. The Labute approximate surface area is 237 Å². The van der Waals surface area contributed by atoms with Gasteiger partial charge in [-0.3, -0.25) is 9.59 Å². The van der Waals surface area contributed by atoms with Crippen molar-refractivity contribution < 1.29 is 19.1 Å². The summed E-state index contributed by atoms with van der Waals surface area (Å²) in [6.45, 7) is 1.22. The molecule has 8 heteroatoms. The van der Waals surface area contributed by atoms with Crippen LogP contribution in [-0.4, -0.2) is 31.1 Å². The summed E-state index contributed by atoms with van der Waals surface area (Å²) in [6, 6.07) is 17.4. The highest BCUT2D eigenvalue weighted by molar-refractivity contribution is 6.31. The number of terminal acetylenes is 1. The van der Waals surface area contributed by atoms with E-state index in [0.29, 0.717) is 45.8 Å². The summed E-state index contributed by atoms with van der Waals surface area (Å²) in [4.78, 5) is 27.7. The van der Waals surface area contributed by atoms with E-state index in [9.17, 15) is 9.59 Å². The van der Waals surface area contributed by atoms with Crippen molar-refractivity contribution >= 4 is 40.7 Å². The van der Waals surface area contributed by atoms with Gasteiger partial charge in [0.15, 0.2) is 0 Å². The van der Waals surface area contributed by atoms with E-state index in [1.54, 1.807) is 18.2 Å². The van der Waals surface area contributed by atoms with Crippen LogP contribution in [0.1, 0.15) is 53.5 Å². The van der Waals surface area contributed by atoms with E-state index in [1.807, 2.05) is 42.5 Å². The Morgan fingerprint density at radius 2 is 1.79 bits per heavy atom. The molecule has 3 aromatic carbocycles. The molecular formula is C31H26Cl2N2O4. The number of fused-ring (bicyclic) bond motifs is 2. The van der Waals surface area contributed by atoms with Crippen LogP contribution in [0.5, 0.6) is 5.75 Å². The van der Waals surface area contributed by atoms with Gasteiger partial charge in [0.1, 0.15) is 17.3 Å². The monoisotopic (exact) mass is 560 g/mol. The molecule has 0 bridgehead atoms. The number of nitrogens with one attached hydrogen (secondary N) is 2. The topological polar surface area (TPSA) is 76.7 Å². The number of carbonyl (C=O) groups is 2. The minimum Gasteiger partial charge on any atom is -0.490 e. The second-order valence-electron chi connectivity index (χ2n) is 10.2. The SMILES string of the molecule is C#Cc1ccc(OC2CCOCC2)c([C@@H]2NC(=O)C[C@H](c3cccc(Cl)c3)[C@@]23C(=O)Nc2cc(Cl)ccc23)c1. The molecule has 3 aliphatic rings. The van der Waals surface area contributed by atoms with Crippen molar-refractivity contribution in [2.75, 3.05) is 18.5 Å². The van der Waals surface area contributed by atoms with Gasteiger partial charge in [-0.05, 0) is 53.6 Å². The molecule has 39 heavy (non-hydrogen) atoms. The lowest BCUT2D eigenvalue weighted by atomic mass is 9.59. The predicted octanol–water partition coefficient (Wildman–Crippen LogP) is 5.77. The normalized spacial score (nSPS) is 24.5. The Hall–Kier alpha value is -3.50. The fourth-order valence-electron chi connectivity index (χ4n) is 6.21. The van der Waals surface area contributed by atoms with Gasteiger partial charge in [0.2, 0.25) is 11.8 Å². The molecule has 3 aromatic rings. The number of anilines is 1. The maximum absolute atomic E-state index is 14.3. The number of ether oxygens (including phenoxy) is 2. The highest BCUT2D eigenvalue weighted by Crippen LogP contribution is 2.58. The number of carbonyl (C=O) groups excluding carboxylic acids is 2. The molecule has 3 atom stereocenters. The van der Waals surface area contributed by atoms with E-state index >= 15 is 0 Å². The van der Waals surface area contributed by atoms with Crippen LogP contribution in [0.25, 0.3) is 0 Å². The lowest BCUT2D eigenvalue weighted by molar-refractivity contribution is -0.131. The molecule has 1 spiro atoms. The minimum absolute atomic E-state index is 0.0587. The standard InChI is InChI=1S/C31H26Cl2N2O4/c1-2-18-6-9-27(39-22-10-12-38-13-11-22)23(14-18)29-31(24-8-7-21(33)16-26(24)34-30(31)37)25(17-28(36)35-29)19-4-3-5-20(32)15-19/h1,3-9,14-16,22,25,29H,10-13,17H2,(H,34,37)(H,35,36)/t25-,29+,31-/m1/s1. The molecule has 6 nitrogen and oxygen atoms in total. The van der Waals surface area contributed by atoms with Crippen LogP contribution in [0.3, 0.4) is 0 Å². The smallest absolute Gasteiger partial charge is 0.238 e. The fraction of sp³-hybridized carbons (Fsp3) is 0.290. The number of rotatable bonds is 4. The van der Waals surface area contributed by atoms with Crippen molar-refractivity contribution in [2.45, 2.75) is 42.7 Å². The third-order valence-corrected chi connectivity index (χ3v) is 8.42. The van der Waals surface area contributed by atoms with Crippen LogP contribution in [0.15, 0.2) is 60.7 Å². The zero-order valence-corrected chi connectivity index (χ0v) is 22.5. The van der Waals surface area contributed by atoms with Gasteiger partial charge >= 0.3 is 0 Å². The van der Waals surface area contributed by atoms with E-state index in [2.05, 4.69) is 16.6 Å². The zero-order valence-electron chi connectivity index (χ0n) is 21.0. The minimum atomic E-state index is -1.22. The first-order valence-corrected chi connectivity index (χ1v) is 13.7. The van der Waals surface area contributed by atoms with E-state index in [4.69, 9.17) is 39.1 Å². The lowest BCUT2D eigenvalue weighted by Gasteiger charge is -2.46. The average Bonchev–Trinajstić information content (AvgIpc) is 3.21. The van der Waals surface area contributed by atoms with Crippen molar-refractivity contribution in [1.82, 2.24) is 5.32 Å². The van der Waals surface area contributed by atoms with Crippen LogP contribution in [0, 0.1) is 12.3 Å². The molecule has 2 amide bonds. The summed E-state index contributed by atoms with van der Waals surface area (Å²) < 4.78 is 12.0.